The maximum absolute atomic E-state index is 6.34. The summed E-state index contributed by atoms with van der Waals surface area (Å²) in [6.07, 6.45) is 2.15. The molecule has 0 aromatic heterocycles. The van der Waals surface area contributed by atoms with Gasteiger partial charge in [0, 0.05) is 15.5 Å². The van der Waals surface area contributed by atoms with Crippen LogP contribution < -0.4 is 4.72 Å². The van der Waals surface area contributed by atoms with Gasteiger partial charge in [-0.3, -0.25) is 0 Å². The Morgan fingerprint density at radius 3 is 2.19 bits per heavy atom. The van der Waals surface area contributed by atoms with Gasteiger partial charge in [-0.1, -0.05) is 102 Å². The largest absolute Gasteiger partial charge is 0.325 e. The zero-order valence-corrected chi connectivity index (χ0v) is 22.3. The van der Waals surface area contributed by atoms with E-state index in [2.05, 4.69) is 73.7 Å². The molecule has 0 aliphatic rings. The lowest BCUT2D eigenvalue weighted by Crippen LogP contribution is -1.97. The summed E-state index contributed by atoms with van der Waals surface area (Å²) in [4.78, 5) is 1.18. The number of allylic oxidation sites excluding steroid dienone is 1. The molecule has 0 radical (unpaired) electrons. The Bertz CT molecular complexity index is 980. The van der Waals surface area contributed by atoms with Gasteiger partial charge in [0.25, 0.3) is 0 Å². The molecule has 3 heteroatoms. The smallest absolute Gasteiger partial charge is 0.0524 e. The van der Waals surface area contributed by atoms with Crippen molar-refractivity contribution in [2.24, 2.45) is 0 Å². The molecule has 0 amide bonds. The van der Waals surface area contributed by atoms with Crippen LogP contribution in [-0.2, 0) is 6.42 Å². The molecule has 0 fully saturated rings. The average Bonchev–Trinajstić information content (AvgIpc) is 2.82. The van der Waals surface area contributed by atoms with Crippen LogP contribution in [0, 0.1) is 6.92 Å². The molecular formula is C29H38ClNS. The van der Waals surface area contributed by atoms with E-state index in [-0.39, 0.29) is 0 Å². The van der Waals surface area contributed by atoms with Crippen molar-refractivity contribution in [3.8, 4) is 11.1 Å². The first-order valence-electron chi connectivity index (χ1n) is 11.6. The average molecular weight is 468 g/mol. The number of hydrogen-bond donors (Lipinski definition) is 1. The summed E-state index contributed by atoms with van der Waals surface area (Å²) in [5, 5.41) is 0.778. The normalized spacial score (nSPS) is 9.75. The molecule has 0 bridgehead atoms. The number of halogens is 1. The third-order valence-electron chi connectivity index (χ3n) is 4.75. The second-order valence-electron chi connectivity index (χ2n) is 7.06. The molecule has 172 valence electrons. The standard InChI is InChI=1S/C25H26ClNS.2C2H6/c1-5-9-23-18(4)14-21(26)16-25(23)28-27-24-15-20(12-13-22(24)17(2)3)19-10-7-6-8-11-19;2*1-2/h6-8,10-16,27H,2,5,9H2,1,3-4H3;2*1-2H3. The van der Waals surface area contributed by atoms with Crippen molar-refractivity contribution in [2.45, 2.75) is 66.2 Å². The van der Waals surface area contributed by atoms with Crippen LogP contribution >= 0.6 is 23.5 Å². The van der Waals surface area contributed by atoms with Crippen LogP contribution in [-0.4, -0.2) is 0 Å². The van der Waals surface area contributed by atoms with Crippen LogP contribution in [0.1, 0.15) is 64.7 Å². The summed E-state index contributed by atoms with van der Waals surface area (Å²) in [5.74, 6) is 0. The van der Waals surface area contributed by atoms with Gasteiger partial charge in [-0.15, -0.1) is 0 Å². The van der Waals surface area contributed by atoms with E-state index in [1.807, 2.05) is 46.8 Å². The van der Waals surface area contributed by atoms with E-state index >= 15 is 0 Å². The fourth-order valence-corrected chi connectivity index (χ4v) is 4.62. The van der Waals surface area contributed by atoms with Gasteiger partial charge in [-0.2, -0.15) is 0 Å². The van der Waals surface area contributed by atoms with Crippen molar-refractivity contribution < 1.29 is 0 Å². The molecule has 3 aromatic rings. The lowest BCUT2D eigenvalue weighted by atomic mass is 10.00. The summed E-state index contributed by atoms with van der Waals surface area (Å²) < 4.78 is 3.57. The highest BCUT2D eigenvalue weighted by Crippen LogP contribution is 2.35. The quantitative estimate of drug-likeness (QED) is 0.346. The van der Waals surface area contributed by atoms with E-state index in [0.29, 0.717) is 0 Å². The maximum Gasteiger partial charge on any atom is 0.0524 e. The highest BCUT2D eigenvalue weighted by atomic mass is 35.5. The van der Waals surface area contributed by atoms with E-state index in [0.717, 1.165) is 34.7 Å². The van der Waals surface area contributed by atoms with E-state index in [4.69, 9.17) is 11.6 Å². The summed E-state index contributed by atoms with van der Waals surface area (Å²) in [5.41, 5.74) is 8.23. The molecule has 32 heavy (non-hydrogen) atoms. The number of hydrogen-bond acceptors (Lipinski definition) is 2. The van der Waals surface area contributed by atoms with Gasteiger partial charge in [-0.25, -0.2) is 0 Å². The summed E-state index contributed by atoms with van der Waals surface area (Å²) >= 11 is 7.96. The molecule has 0 saturated carbocycles. The van der Waals surface area contributed by atoms with E-state index in [1.54, 1.807) is 11.9 Å². The Kier molecular flexibility index (Phi) is 12.9. The lowest BCUT2D eigenvalue weighted by Gasteiger charge is -2.16. The zero-order valence-electron chi connectivity index (χ0n) is 20.7. The first-order chi connectivity index (χ1) is 15.5. The zero-order chi connectivity index (χ0) is 24.1. The summed E-state index contributed by atoms with van der Waals surface area (Å²) in [6, 6.07) is 21.0. The van der Waals surface area contributed by atoms with Crippen LogP contribution in [0.15, 0.2) is 72.1 Å². The number of benzene rings is 3. The molecule has 1 N–H and O–H groups in total. The minimum absolute atomic E-state index is 0.778. The molecule has 3 rings (SSSR count). The molecule has 0 saturated heterocycles. The molecule has 1 nitrogen and oxygen atoms in total. The predicted octanol–water partition coefficient (Wildman–Crippen LogP) is 10.5. The number of anilines is 1. The molecule has 0 aliphatic heterocycles. The third-order valence-corrected chi connectivity index (χ3v) is 5.88. The van der Waals surface area contributed by atoms with Crippen molar-refractivity contribution >= 4 is 34.8 Å². The van der Waals surface area contributed by atoms with Crippen LogP contribution in [0.3, 0.4) is 0 Å². The molecular weight excluding hydrogens is 430 g/mol. The summed E-state index contributed by atoms with van der Waals surface area (Å²) in [6.45, 7) is 18.5. The first-order valence-corrected chi connectivity index (χ1v) is 12.8. The van der Waals surface area contributed by atoms with Gasteiger partial charge >= 0.3 is 0 Å². The van der Waals surface area contributed by atoms with Gasteiger partial charge in [0.1, 0.15) is 0 Å². The second-order valence-corrected chi connectivity index (χ2v) is 8.34. The van der Waals surface area contributed by atoms with Gasteiger partial charge in [0.2, 0.25) is 0 Å². The third kappa shape index (κ3) is 7.76. The Labute approximate surface area is 205 Å². The minimum atomic E-state index is 0.778. The molecule has 0 heterocycles. The molecule has 0 spiro atoms. The van der Waals surface area contributed by atoms with Crippen molar-refractivity contribution in [1.82, 2.24) is 0 Å². The number of nitrogens with one attached hydrogen (secondary N) is 1. The Morgan fingerprint density at radius 1 is 0.938 bits per heavy atom. The topological polar surface area (TPSA) is 12.0 Å². The minimum Gasteiger partial charge on any atom is -0.325 e. The highest BCUT2D eigenvalue weighted by molar-refractivity contribution is 8.00. The van der Waals surface area contributed by atoms with E-state index in [1.165, 1.54) is 27.1 Å². The Morgan fingerprint density at radius 2 is 1.59 bits per heavy atom. The van der Waals surface area contributed by atoms with Gasteiger partial charge < -0.3 is 4.72 Å². The SMILES string of the molecule is C=C(C)c1ccc(-c2ccccc2)cc1NSc1cc(Cl)cc(C)c1CCC.CC.CC. The highest BCUT2D eigenvalue weighted by Gasteiger charge is 2.11. The molecule has 0 atom stereocenters. The number of aryl methyl sites for hydroxylation is 1. The lowest BCUT2D eigenvalue weighted by molar-refractivity contribution is 0.890. The van der Waals surface area contributed by atoms with Crippen LogP contribution in [0.25, 0.3) is 16.7 Å². The van der Waals surface area contributed by atoms with Crippen LogP contribution in [0.4, 0.5) is 5.69 Å². The predicted molar refractivity (Wildman–Crippen MR) is 149 cm³/mol. The van der Waals surface area contributed by atoms with Gasteiger partial charge in [-0.05, 0) is 78.2 Å². The van der Waals surface area contributed by atoms with Gasteiger partial charge in [0.05, 0.1) is 5.69 Å². The van der Waals surface area contributed by atoms with Crippen molar-refractivity contribution in [1.29, 1.82) is 0 Å². The van der Waals surface area contributed by atoms with Crippen molar-refractivity contribution in [3.05, 3.63) is 89.0 Å². The van der Waals surface area contributed by atoms with E-state index in [9.17, 15) is 0 Å². The van der Waals surface area contributed by atoms with Crippen molar-refractivity contribution in [3.63, 3.8) is 0 Å². The Hall–Kier alpha value is -2.16. The monoisotopic (exact) mass is 467 g/mol. The fraction of sp³-hybridized carbons (Fsp3) is 0.310. The van der Waals surface area contributed by atoms with Crippen LogP contribution in [0.5, 0.6) is 0 Å². The first kappa shape index (κ1) is 27.9. The van der Waals surface area contributed by atoms with Gasteiger partial charge in [0.15, 0.2) is 0 Å². The maximum atomic E-state index is 6.34. The Balaban J connectivity index is 0.00000121. The van der Waals surface area contributed by atoms with Crippen molar-refractivity contribution in [2.75, 3.05) is 4.72 Å². The molecule has 0 aliphatic carbocycles. The second kappa shape index (κ2) is 14.8. The molecule has 0 unspecified atom stereocenters. The fourth-order valence-electron chi connectivity index (χ4n) is 3.32. The molecule has 3 aromatic carbocycles. The number of rotatable bonds is 7. The van der Waals surface area contributed by atoms with E-state index < -0.39 is 0 Å². The van der Waals surface area contributed by atoms with Crippen LogP contribution in [0.2, 0.25) is 5.02 Å². The summed E-state index contributed by atoms with van der Waals surface area (Å²) in [7, 11) is 0.